The molecule has 0 spiro atoms. The summed E-state index contributed by atoms with van der Waals surface area (Å²) >= 11 is 0. The summed E-state index contributed by atoms with van der Waals surface area (Å²) < 4.78 is 0. The highest BCUT2D eigenvalue weighted by atomic mass is 16.2. The van der Waals surface area contributed by atoms with E-state index in [2.05, 4.69) is 0 Å². The van der Waals surface area contributed by atoms with Crippen molar-refractivity contribution in [3.63, 3.8) is 0 Å². The molecule has 0 fully saturated rings. The minimum absolute atomic E-state index is 0.349. The van der Waals surface area contributed by atoms with Crippen molar-refractivity contribution in [1.82, 2.24) is 4.90 Å². The maximum Gasteiger partial charge on any atom is 0.318 e. The Morgan fingerprint density at radius 3 is 3.00 bits per heavy atom. The van der Waals surface area contributed by atoms with Crippen molar-refractivity contribution in [3.8, 4) is 0 Å². The highest BCUT2D eigenvalue weighted by Crippen LogP contribution is 2.05. The van der Waals surface area contributed by atoms with Gasteiger partial charge < -0.3 is 10.6 Å². The van der Waals surface area contributed by atoms with Gasteiger partial charge in [0.2, 0.25) is 0 Å². The van der Waals surface area contributed by atoms with Gasteiger partial charge in [0.05, 0.1) is 0 Å². The second kappa shape index (κ2) is 3.25. The number of hydrogen-bond acceptors (Lipinski definition) is 1. The summed E-state index contributed by atoms with van der Waals surface area (Å²) in [5, 5.41) is 0. The monoisotopic (exact) mass is 140 g/mol. The molecule has 0 aliphatic carbocycles. The van der Waals surface area contributed by atoms with Gasteiger partial charge in [-0.15, -0.1) is 0 Å². The van der Waals surface area contributed by atoms with Crippen molar-refractivity contribution in [2.75, 3.05) is 6.54 Å². The zero-order valence-electron chi connectivity index (χ0n) is 5.92. The van der Waals surface area contributed by atoms with E-state index < -0.39 is 0 Å². The van der Waals surface area contributed by atoms with Crippen LogP contribution >= 0.6 is 0 Å². The zero-order valence-corrected chi connectivity index (χ0v) is 5.92. The van der Waals surface area contributed by atoms with Crippen LogP contribution in [0.25, 0.3) is 0 Å². The molecular formula is C7H12N2O. The minimum Gasteiger partial charge on any atom is -0.351 e. The Labute approximate surface area is 60.5 Å². The van der Waals surface area contributed by atoms with E-state index in [0.717, 1.165) is 25.8 Å². The van der Waals surface area contributed by atoms with Crippen molar-refractivity contribution in [2.45, 2.75) is 19.3 Å². The van der Waals surface area contributed by atoms with Crippen molar-refractivity contribution in [1.29, 1.82) is 0 Å². The summed E-state index contributed by atoms with van der Waals surface area (Å²) in [4.78, 5) is 12.2. The Kier molecular flexibility index (Phi) is 2.31. The molecule has 2 amide bonds. The molecular weight excluding hydrogens is 128 g/mol. The lowest BCUT2D eigenvalue weighted by atomic mass is 10.2. The topological polar surface area (TPSA) is 46.3 Å². The third-order valence-electron chi connectivity index (χ3n) is 1.59. The molecule has 3 heteroatoms. The molecule has 2 N–H and O–H groups in total. The van der Waals surface area contributed by atoms with Crippen LogP contribution in [0.5, 0.6) is 0 Å². The first-order valence-electron chi connectivity index (χ1n) is 3.53. The molecule has 0 aromatic rings. The van der Waals surface area contributed by atoms with Crippen LogP contribution in [0.15, 0.2) is 12.3 Å². The third kappa shape index (κ3) is 1.76. The van der Waals surface area contributed by atoms with Crippen LogP contribution in [-0.4, -0.2) is 17.5 Å². The largest absolute Gasteiger partial charge is 0.351 e. The van der Waals surface area contributed by atoms with Crippen LogP contribution in [-0.2, 0) is 0 Å². The fourth-order valence-electron chi connectivity index (χ4n) is 1.00. The second-order valence-corrected chi connectivity index (χ2v) is 2.41. The smallest absolute Gasteiger partial charge is 0.318 e. The summed E-state index contributed by atoms with van der Waals surface area (Å²) in [6.45, 7) is 0.770. The number of nitrogens with two attached hydrogens (primary N) is 1. The number of primary amides is 1. The molecule has 3 nitrogen and oxygen atoms in total. The van der Waals surface area contributed by atoms with Crippen molar-refractivity contribution < 1.29 is 4.79 Å². The van der Waals surface area contributed by atoms with E-state index in [1.54, 1.807) is 11.1 Å². The number of rotatable bonds is 0. The van der Waals surface area contributed by atoms with E-state index in [0.29, 0.717) is 0 Å². The first-order valence-corrected chi connectivity index (χ1v) is 3.53. The van der Waals surface area contributed by atoms with Crippen molar-refractivity contribution in [2.24, 2.45) is 5.73 Å². The molecule has 1 rings (SSSR count). The highest BCUT2D eigenvalue weighted by molar-refractivity contribution is 5.73. The number of urea groups is 1. The van der Waals surface area contributed by atoms with Gasteiger partial charge in [0.25, 0.3) is 0 Å². The van der Waals surface area contributed by atoms with Crippen LogP contribution in [0.1, 0.15) is 19.3 Å². The molecule has 1 aliphatic rings. The van der Waals surface area contributed by atoms with E-state index in [1.165, 1.54) is 0 Å². The predicted molar refractivity (Wildman–Crippen MR) is 39.3 cm³/mol. The van der Waals surface area contributed by atoms with Crippen molar-refractivity contribution in [3.05, 3.63) is 12.3 Å². The zero-order chi connectivity index (χ0) is 7.40. The molecule has 0 saturated heterocycles. The fourth-order valence-corrected chi connectivity index (χ4v) is 1.00. The fraction of sp³-hybridized carbons (Fsp3) is 0.571. The normalized spacial score (nSPS) is 18.6. The van der Waals surface area contributed by atoms with Gasteiger partial charge in [0.15, 0.2) is 0 Å². The van der Waals surface area contributed by atoms with Gasteiger partial charge in [-0.05, 0) is 19.3 Å². The average Bonchev–Trinajstić information content (AvgIpc) is 2.12. The lowest BCUT2D eigenvalue weighted by Crippen LogP contribution is -2.31. The average molecular weight is 140 g/mol. The van der Waals surface area contributed by atoms with E-state index in [-0.39, 0.29) is 6.03 Å². The number of carbonyl (C=O) groups excluding carboxylic acids is 1. The van der Waals surface area contributed by atoms with Crippen LogP contribution in [0.2, 0.25) is 0 Å². The lowest BCUT2D eigenvalue weighted by molar-refractivity contribution is 0.224. The number of amides is 2. The Hall–Kier alpha value is -0.990. The maximum absolute atomic E-state index is 10.6. The lowest BCUT2D eigenvalue weighted by Gasteiger charge is -2.12. The summed E-state index contributed by atoms with van der Waals surface area (Å²) in [5.41, 5.74) is 5.07. The molecule has 1 heterocycles. The third-order valence-corrected chi connectivity index (χ3v) is 1.59. The van der Waals surface area contributed by atoms with Gasteiger partial charge in [-0.2, -0.15) is 0 Å². The van der Waals surface area contributed by atoms with Crippen molar-refractivity contribution >= 4 is 6.03 Å². The van der Waals surface area contributed by atoms with E-state index in [1.807, 2.05) is 6.08 Å². The first-order chi connectivity index (χ1) is 4.80. The number of nitrogens with zero attached hydrogens (tertiary/aromatic N) is 1. The van der Waals surface area contributed by atoms with Crippen LogP contribution in [0.4, 0.5) is 4.79 Å². The molecule has 0 unspecified atom stereocenters. The number of allylic oxidation sites excluding steroid dienone is 1. The molecule has 0 aromatic heterocycles. The molecule has 0 atom stereocenters. The molecule has 0 radical (unpaired) electrons. The standard InChI is InChI=1S/C7H12N2O/c8-7(10)9-5-3-1-2-4-6-9/h3,5H,1-2,4,6H2,(H2,8,10). The number of hydrogen-bond donors (Lipinski definition) is 1. The highest BCUT2D eigenvalue weighted by Gasteiger charge is 2.06. The van der Waals surface area contributed by atoms with Crippen LogP contribution < -0.4 is 5.73 Å². The molecule has 0 bridgehead atoms. The van der Waals surface area contributed by atoms with Gasteiger partial charge in [-0.25, -0.2) is 4.79 Å². The Morgan fingerprint density at radius 1 is 1.50 bits per heavy atom. The molecule has 1 aliphatic heterocycles. The van der Waals surface area contributed by atoms with E-state index >= 15 is 0 Å². The minimum atomic E-state index is -0.349. The van der Waals surface area contributed by atoms with E-state index in [9.17, 15) is 4.79 Å². The quantitative estimate of drug-likeness (QED) is 0.537. The van der Waals surface area contributed by atoms with Gasteiger partial charge in [0.1, 0.15) is 0 Å². The Morgan fingerprint density at radius 2 is 2.30 bits per heavy atom. The molecule has 10 heavy (non-hydrogen) atoms. The SMILES string of the molecule is NC(=O)N1C=CCCCC1. The Balaban J connectivity index is 2.49. The summed E-state index contributed by atoms with van der Waals surface area (Å²) in [6, 6.07) is -0.349. The van der Waals surface area contributed by atoms with Gasteiger partial charge in [-0.3, -0.25) is 0 Å². The van der Waals surface area contributed by atoms with Crippen LogP contribution in [0.3, 0.4) is 0 Å². The first kappa shape index (κ1) is 7.12. The second-order valence-electron chi connectivity index (χ2n) is 2.41. The number of carbonyl (C=O) groups is 1. The summed E-state index contributed by atoms with van der Waals surface area (Å²) in [7, 11) is 0. The maximum atomic E-state index is 10.6. The van der Waals surface area contributed by atoms with Crippen LogP contribution in [0, 0.1) is 0 Å². The summed E-state index contributed by atoms with van der Waals surface area (Å²) in [5.74, 6) is 0. The van der Waals surface area contributed by atoms with Gasteiger partial charge in [-0.1, -0.05) is 6.08 Å². The molecule has 56 valence electrons. The Bertz CT molecular complexity index is 154. The summed E-state index contributed by atoms with van der Waals surface area (Å²) in [6.07, 6.45) is 7.02. The van der Waals surface area contributed by atoms with Gasteiger partial charge in [0, 0.05) is 12.7 Å². The van der Waals surface area contributed by atoms with Gasteiger partial charge >= 0.3 is 6.03 Å². The molecule has 0 aromatic carbocycles. The van der Waals surface area contributed by atoms with E-state index in [4.69, 9.17) is 5.73 Å². The molecule has 0 saturated carbocycles. The predicted octanol–water partition coefficient (Wildman–Crippen LogP) is 1.06.